The molecule has 4 nitrogen and oxygen atoms in total. The van der Waals surface area contributed by atoms with Gasteiger partial charge in [0.1, 0.15) is 0 Å². The van der Waals surface area contributed by atoms with E-state index >= 15 is 0 Å². The van der Waals surface area contributed by atoms with E-state index in [0.717, 1.165) is 41.0 Å². The monoisotopic (exact) mass is 368 g/mol. The number of para-hydroxylation sites is 2. The average molecular weight is 369 g/mol. The van der Waals surface area contributed by atoms with Crippen LogP contribution in [0.5, 0.6) is 0 Å². The fourth-order valence-electron chi connectivity index (χ4n) is 2.76. The van der Waals surface area contributed by atoms with Crippen LogP contribution in [0, 0.1) is 0 Å². The number of hydrogen-bond donors (Lipinski definition) is 2. The Labute approximate surface area is 155 Å². The van der Waals surface area contributed by atoms with Crippen molar-refractivity contribution in [1.29, 1.82) is 0 Å². The molecule has 0 radical (unpaired) electrons. The van der Waals surface area contributed by atoms with E-state index in [1.165, 1.54) is 10.3 Å². The lowest BCUT2D eigenvalue weighted by molar-refractivity contribution is 0.890. The van der Waals surface area contributed by atoms with E-state index in [4.69, 9.17) is 4.99 Å². The molecule has 25 heavy (non-hydrogen) atoms. The van der Waals surface area contributed by atoms with E-state index in [-0.39, 0.29) is 0 Å². The van der Waals surface area contributed by atoms with Gasteiger partial charge in [0.25, 0.3) is 0 Å². The van der Waals surface area contributed by atoms with Gasteiger partial charge in [-0.25, -0.2) is 9.98 Å². The van der Waals surface area contributed by atoms with Gasteiger partial charge in [-0.2, -0.15) is 0 Å². The maximum atomic E-state index is 4.80. The molecule has 0 saturated carbocycles. The summed E-state index contributed by atoms with van der Waals surface area (Å²) >= 11 is 3.51. The zero-order valence-electron chi connectivity index (χ0n) is 14.0. The van der Waals surface area contributed by atoms with Crippen molar-refractivity contribution in [3.63, 3.8) is 0 Å². The number of aromatic nitrogens is 1. The quantitative estimate of drug-likeness (QED) is 0.687. The van der Waals surface area contributed by atoms with Crippen LogP contribution in [0.3, 0.4) is 0 Å². The molecule has 2 heterocycles. The van der Waals surface area contributed by atoms with Crippen LogP contribution in [0.15, 0.2) is 53.5 Å². The summed E-state index contributed by atoms with van der Waals surface area (Å²) < 4.78 is 1.22. The number of benzene rings is 2. The van der Waals surface area contributed by atoms with E-state index in [0.29, 0.717) is 5.25 Å². The molecule has 1 unspecified atom stereocenters. The number of amidine groups is 1. The summed E-state index contributed by atoms with van der Waals surface area (Å²) in [7, 11) is 0. The number of thiazole rings is 1. The Morgan fingerprint density at radius 2 is 2.04 bits per heavy atom. The molecule has 0 spiro atoms. The molecule has 4 rings (SSSR count). The van der Waals surface area contributed by atoms with Crippen molar-refractivity contribution in [2.24, 2.45) is 4.99 Å². The SMILES string of the molecule is CC1CN/C(=N\c2ccccc2CCNc2nc3ccccc3s2)S1. The first-order valence-electron chi connectivity index (χ1n) is 8.44. The second kappa shape index (κ2) is 7.45. The molecule has 0 aliphatic carbocycles. The van der Waals surface area contributed by atoms with Gasteiger partial charge in [0, 0.05) is 18.3 Å². The van der Waals surface area contributed by atoms with E-state index < -0.39 is 0 Å². The molecule has 1 saturated heterocycles. The molecule has 1 aromatic heterocycles. The van der Waals surface area contributed by atoms with Gasteiger partial charge < -0.3 is 10.6 Å². The molecule has 128 valence electrons. The number of nitrogens with zero attached hydrogens (tertiary/aromatic N) is 2. The molecule has 2 aromatic carbocycles. The van der Waals surface area contributed by atoms with Crippen molar-refractivity contribution < 1.29 is 0 Å². The second-order valence-electron chi connectivity index (χ2n) is 6.02. The van der Waals surface area contributed by atoms with Crippen molar-refractivity contribution in [3.8, 4) is 0 Å². The smallest absolute Gasteiger partial charge is 0.183 e. The first-order chi connectivity index (χ1) is 12.3. The predicted octanol–water partition coefficient (Wildman–Crippen LogP) is 4.66. The number of thioether (sulfide) groups is 1. The van der Waals surface area contributed by atoms with Gasteiger partial charge in [-0.3, -0.25) is 0 Å². The standard InChI is InChI=1S/C19H20N4S2/c1-13-12-21-19(24-13)22-15-7-3-2-6-14(15)10-11-20-18-23-16-8-4-5-9-17(16)25-18/h2-9,13H,10-12H2,1H3,(H,20,23)(H,21,22). The fourth-order valence-corrected chi connectivity index (χ4v) is 4.52. The van der Waals surface area contributed by atoms with E-state index in [2.05, 4.69) is 58.9 Å². The summed E-state index contributed by atoms with van der Waals surface area (Å²) in [6.45, 7) is 4.05. The minimum Gasteiger partial charge on any atom is -0.363 e. The molecular weight excluding hydrogens is 348 g/mol. The lowest BCUT2D eigenvalue weighted by Crippen LogP contribution is -2.14. The van der Waals surface area contributed by atoms with Crippen molar-refractivity contribution in [2.75, 3.05) is 18.4 Å². The maximum Gasteiger partial charge on any atom is 0.183 e. The summed E-state index contributed by atoms with van der Waals surface area (Å²) in [5.74, 6) is 0. The predicted molar refractivity (Wildman–Crippen MR) is 110 cm³/mol. The largest absolute Gasteiger partial charge is 0.363 e. The number of anilines is 1. The van der Waals surface area contributed by atoms with Gasteiger partial charge in [0.2, 0.25) is 0 Å². The van der Waals surface area contributed by atoms with Crippen molar-refractivity contribution in [3.05, 3.63) is 54.1 Å². The van der Waals surface area contributed by atoms with Gasteiger partial charge in [-0.1, -0.05) is 60.4 Å². The summed E-state index contributed by atoms with van der Waals surface area (Å²) in [6, 6.07) is 16.6. The third-order valence-corrected chi connectivity index (χ3v) is 6.05. The normalized spacial score (nSPS) is 18.6. The Balaban J connectivity index is 1.42. The highest BCUT2D eigenvalue weighted by Gasteiger charge is 2.16. The second-order valence-corrected chi connectivity index (χ2v) is 8.48. The van der Waals surface area contributed by atoms with Crippen LogP contribution >= 0.6 is 23.1 Å². The number of rotatable bonds is 5. The van der Waals surface area contributed by atoms with Crippen LogP contribution in [0.4, 0.5) is 10.8 Å². The molecule has 1 atom stereocenters. The summed E-state index contributed by atoms with van der Waals surface area (Å²) in [6.07, 6.45) is 0.920. The van der Waals surface area contributed by atoms with E-state index in [1.54, 1.807) is 11.3 Å². The third-order valence-electron chi connectivity index (χ3n) is 4.03. The highest BCUT2D eigenvalue weighted by molar-refractivity contribution is 8.14. The van der Waals surface area contributed by atoms with Crippen LogP contribution in [0.25, 0.3) is 10.2 Å². The lowest BCUT2D eigenvalue weighted by Gasteiger charge is -2.07. The van der Waals surface area contributed by atoms with Crippen LogP contribution in [-0.4, -0.2) is 28.5 Å². The van der Waals surface area contributed by atoms with Crippen LogP contribution in [-0.2, 0) is 6.42 Å². The molecule has 1 fully saturated rings. The van der Waals surface area contributed by atoms with E-state index in [9.17, 15) is 0 Å². The van der Waals surface area contributed by atoms with Crippen molar-refractivity contribution in [2.45, 2.75) is 18.6 Å². The maximum absolute atomic E-state index is 4.80. The van der Waals surface area contributed by atoms with Crippen LogP contribution in [0.2, 0.25) is 0 Å². The Morgan fingerprint density at radius 3 is 2.88 bits per heavy atom. The number of fused-ring (bicyclic) bond motifs is 1. The molecule has 1 aliphatic heterocycles. The van der Waals surface area contributed by atoms with Gasteiger partial charge in [0.15, 0.2) is 10.3 Å². The molecular formula is C19H20N4S2. The summed E-state index contributed by atoms with van der Waals surface area (Å²) in [5.41, 5.74) is 3.36. The zero-order chi connectivity index (χ0) is 17.1. The first kappa shape index (κ1) is 16.4. The Kier molecular flexibility index (Phi) is 4.90. The number of hydrogen-bond acceptors (Lipinski definition) is 5. The third kappa shape index (κ3) is 3.96. The highest BCUT2D eigenvalue weighted by Crippen LogP contribution is 2.27. The van der Waals surface area contributed by atoms with E-state index in [1.807, 2.05) is 23.9 Å². The zero-order valence-corrected chi connectivity index (χ0v) is 15.7. The topological polar surface area (TPSA) is 49.3 Å². The van der Waals surface area contributed by atoms with Gasteiger partial charge in [0.05, 0.1) is 15.9 Å². The Morgan fingerprint density at radius 1 is 1.20 bits per heavy atom. The van der Waals surface area contributed by atoms with Crippen molar-refractivity contribution in [1.82, 2.24) is 10.3 Å². The minimum atomic E-state index is 0.589. The minimum absolute atomic E-state index is 0.589. The Hall–Kier alpha value is -2.05. The van der Waals surface area contributed by atoms with Crippen LogP contribution in [0.1, 0.15) is 12.5 Å². The van der Waals surface area contributed by atoms with Crippen molar-refractivity contribution >= 4 is 49.3 Å². The molecule has 0 amide bonds. The highest BCUT2D eigenvalue weighted by atomic mass is 32.2. The molecule has 2 N–H and O–H groups in total. The Bertz CT molecular complexity index is 870. The average Bonchev–Trinajstić information content (AvgIpc) is 3.22. The first-order valence-corrected chi connectivity index (χ1v) is 10.1. The van der Waals surface area contributed by atoms with Gasteiger partial charge in [-0.05, 0) is 30.2 Å². The number of aliphatic imine (C=N–C) groups is 1. The van der Waals surface area contributed by atoms with Gasteiger partial charge >= 0.3 is 0 Å². The molecule has 6 heteroatoms. The lowest BCUT2D eigenvalue weighted by atomic mass is 10.1. The molecule has 1 aliphatic rings. The summed E-state index contributed by atoms with van der Waals surface area (Å²) in [4.78, 5) is 9.42. The van der Waals surface area contributed by atoms with Gasteiger partial charge in [-0.15, -0.1) is 0 Å². The molecule has 3 aromatic rings. The molecule has 0 bridgehead atoms. The fraction of sp³-hybridized carbons (Fsp3) is 0.263. The summed E-state index contributed by atoms with van der Waals surface area (Å²) in [5, 5.41) is 9.41. The number of nitrogens with one attached hydrogen (secondary N) is 2. The van der Waals surface area contributed by atoms with Crippen LogP contribution < -0.4 is 10.6 Å².